The van der Waals surface area contributed by atoms with Gasteiger partial charge in [0.25, 0.3) is 5.91 Å². The van der Waals surface area contributed by atoms with E-state index in [0.29, 0.717) is 30.2 Å². The van der Waals surface area contributed by atoms with E-state index in [0.717, 1.165) is 23.1 Å². The van der Waals surface area contributed by atoms with Gasteiger partial charge in [0.2, 0.25) is 0 Å². The van der Waals surface area contributed by atoms with Crippen LogP contribution >= 0.6 is 0 Å². The molecular weight excluding hydrogens is 376 g/mol. The summed E-state index contributed by atoms with van der Waals surface area (Å²) in [6, 6.07) is 15.8. The topological polar surface area (TPSA) is 51.7 Å². The first-order valence-electron chi connectivity index (χ1n) is 10.0. The van der Waals surface area contributed by atoms with E-state index in [1.54, 1.807) is 38.7 Å². The normalized spacial score (nSPS) is 10.5. The van der Waals surface area contributed by atoms with Gasteiger partial charge in [0.15, 0.2) is 0 Å². The van der Waals surface area contributed by atoms with Crippen molar-refractivity contribution in [2.75, 3.05) is 14.2 Å². The molecule has 5 nitrogen and oxygen atoms in total. The van der Waals surface area contributed by atoms with E-state index < -0.39 is 0 Å². The van der Waals surface area contributed by atoms with Crippen molar-refractivity contribution in [2.45, 2.75) is 33.4 Å². The predicted molar refractivity (Wildman–Crippen MR) is 118 cm³/mol. The zero-order chi connectivity index (χ0) is 21.5. The molecule has 0 spiro atoms. The van der Waals surface area contributed by atoms with E-state index in [4.69, 9.17) is 9.47 Å². The number of hydrogen-bond donors (Lipinski definition) is 0. The zero-order valence-electron chi connectivity index (χ0n) is 18.0. The van der Waals surface area contributed by atoms with Crippen molar-refractivity contribution in [3.63, 3.8) is 0 Å². The van der Waals surface area contributed by atoms with Gasteiger partial charge in [0.05, 0.1) is 14.2 Å². The zero-order valence-corrected chi connectivity index (χ0v) is 18.0. The van der Waals surface area contributed by atoms with E-state index in [1.807, 2.05) is 24.0 Å². The minimum Gasteiger partial charge on any atom is -0.496 e. The molecule has 2 aromatic carbocycles. The standard InChI is InChI=1S/C25H28N2O3/c1-5-19-8-10-20(11-9-19)16-27(17-21-7-6-12-26-15-21)25(28)22-13-23(29-3)18(2)24(14-22)30-4/h6-15H,5,16-17H2,1-4H3. The average Bonchev–Trinajstić information content (AvgIpc) is 2.79. The highest BCUT2D eigenvalue weighted by Gasteiger charge is 2.20. The second-order valence-corrected chi connectivity index (χ2v) is 7.20. The van der Waals surface area contributed by atoms with Gasteiger partial charge in [-0.25, -0.2) is 0 Å². The molecule has 0 saturated heterocycles. The summed E-state index contributed by atoms with van der Waals surface area (Å²) >= 11 is 0. The van der Waals surface area contributed by atoms with Gasteiger partial charge in [-0.1, -0.05) is 37.3 Å². The van der Waals surface area contributed by atoms with Crippen molar-refractivity contribution in [1.82, 2.24) is 9.88 Å². The van der Waals surface area contributed by atoms with Crippen LogP contribution in [0.5, 0.6) is 11.5 Å². The highest BCUT2D eigenvalue weighted by atomic mass is 16.5. The molecule has 30 heavy (non-hydrogen) atoms. The van der Waals surface area contributed by atoms with E-state index >= 15 is 0 Å². The summed E-state index contributed by atoms with van der Waals surface area (Å²) in [7, 11) is 3.19. The third-order valence-electron chi connectivity index (χ3n) is 5.19. The first-order chi connectivity index (χ1) is 14.5. The predicted octanol–water partition coefficient (Wildman–Crippen LogP) is 4.81. The van der Waals surface area contributed by atoms with Crippen molar-refractivity contribution >= 4 is 5.91 Å². The number of carbonyl (C=O) groups excluding carboxylic acids is 1. The van der Waals surface area contributed by atoms with Gasteiger partial charge in [-0.3, -0.25) is 9.78 Å². The van der Waals surface area contributed by atoms with E-state index in [2.05, 4.69) is 36.2 Å². The highest BCUT2D eigenvalue weighted by Crippen LogP contribution is 2.30. The molecule has 3 aromatic rings. The van der Waals surface area contributed by atoms with Crippen LogP contribution < -0.4 is 9.47 Å². The molecule has 0 aliphatic rings. The molecule has 0 aliphatic carbocycles. The van der Waals surface area contributed by atoms with Crippen molar-refractivity contribution in [3.05, 3.63) is 88.7 Å². The van der Waals surface area contributed by atoms with Crippen molar-refractivity contribution in [1.29, 1.82) is 0 Å². The summed E-state index contributed by atoms with van der Waals surface area (Å²) < 4.78 is 10.9. The Bertz CT molecular complexity index is 960. The maximum atomic E-state index is 13.5. The molecule has 0 bridgehead atoms. The number of ether oxygens (including phenoxy) is 2. The lowest BCUT2D eigenvalue weighted by atomic mass is 10.1. The third-order valence-corrected chi connectivity index (χ3v) is 5.19. The Kier molecular flexibility index (Phi) is 7.07. The van der Waals surface area contributed by atoms with Gasteiger partial charge in [0, 0.05) is 36.6 Å². The lowest BCUT2D eigenvalue weighted by Crippen LogP contribution is -2.30. The molecule has 0 atom stereocenters. The van der Waals surface area contributed by atoms with Gasteiger partial charge < -0.3 is 14.4 Å². The molecule has 0 saturated carbocycles. The Labute approximate surface area is 178 Å². The summed E-state index contributed by atoms with van der Waals surface area (Å²) in [5.74, 6) is 1.17. The molecule has 0 N–H and O–H groups in total. The fourth-order valence-corrected chi connectivity index (χ4v) is 3.40. The van der Waals surface area contributed by atoms with Crippen LogP contribution in [0.15, 0.2) is 60.9 Å². The van der Waals surface area contributed by atoms with Gasteiger partial charge in [-0.05, 0) is 48.2 Å². The van der Waals surface area contributed by atoms with Crippen LogP contribution in [0.3, 0.4) is 0 Å². The summed E-state index contributed by atoms with van der Waals surface area (Å²) in [6.07, 6.45) is 4.51. The van der Waals surface area contributed by atoms with Crippen LogP contribution in [0, 0.1) is 6.92 Å². The van der Waals surface area contributed by atoms with Crippen LogP contribution in [0.4, 0.5) is 0 Å². The van der Waals surface area contributed by atoms with Gasteiger partial charge in [-0.15, -0.1) is 0 Å². The highest BCUT2D eigenvalue weighted by molar-refractivity contribution is 5.95. The average molecular weight is 405 g/mol. The van der Waals surface area contributed by atoms with Crippen molar-refractivity contribution < 1.29 is 14.3 Å². The molecule has 5 heteroatoms. The Morgan fingerprint density at radius 2 is 1.53 bits per heavy atom. The number of rotatable bonds is 8. The van der Waals surface area contributed by atoms with Gasteiger partial charge in [-0.2, -0.15) is 0 Å². The first kappa shape index (κ1) is 21.4. The summed E-state index contributed by atoms with van der Waals surface area (Å²) in [4.78, 5) is 19.5. The van der Waals surface area contributed by atoms with Crippen LogP contribution in [-0.2, 0) is 19.5 Å². The van der Waals surface area contributed by atoms with E-state index in [-0.39, 0.29) is 5.91 Å². The maximum Gasteiger partial charge on any atom is 0.254 e. The molecule has 1 aromatic heterocycles. The van der Waals surface area contributed by atoms with Crippen LogP contribution in [0.1, 0.15) is 39.5 Å². The first-order valence-corrected chi connectivity index (χ1v) is 10.0. The summed E-state index contributed by atoms with van der Waals surface area (Å²) in [6.45, 7) is 5.00. The van der Waals surface area contributed by atoms with Gasteiger partial charge in [0.1, 0.15) is 11.5 Å². The lowest BCUT2D eigenvalue weighted by molar-refractivity contribution is 0.0729. The van der Waals surface area contributed by atoms with Crippen LogP contribution in [0.2, 0.25) is 0 Å². The molecule has 0 aliphatic heterocycles. The molecule has 3 rings (SSSR count). The summed E-state index contributed by atoms with van der Waals surface area (Å²) in [5, 5.41) is 0. The molecule has 0 unspecified atom stereocenters. The van der Waals surface area contributed by atoms with Crippen LogP contribution in [-0.4, -0.2) is 30.0 Å². The van der Waals surface area contributed by atoms with Gasteiger partial charge >= 0.3 is 0 Å². The van der Waals surface area contributed by atoms with Crippen molar-refractivity contribution in [3.8, 4) is 11.5 Å². The Hall–Kier alpha value is -3.34. The molecular formula is C25H28N2O3. The number of aryl methyl sites for hydroxylation is 1. The number of methoxy groups -OCH3 is 2. The fourth-order valence-electron chi connectivity index (χ4n) is 3.40. The monoisotopic (exact) mass is 404 g/mol. The maximum absolute atomic E-state index is 13.5. The SMILES string of the molecule is CCc1ccc(CN(Cc2cccnc2)C(=O)c2cc(OC)c(C)c(OC)c2)cc1. The minimum atomic E-state index is -0.0879. The molecule has 0 fully saturated rings. The minimum absolute atomic E-state index is 0.0879. The Balaban J connectivity index is 1.94. The molecule has 1 heterocycles. The largest absolute Gasteiger partial charge is 0.496 e. The van der Waals surface area contributed by atoms with E-state index in [1.165, 1.54) is 5.56 Å². The van der Waals surface area contributed by atoms with Crippen molar-refractivity contribution in [2.24, 2.45) is 0 Å². The lowest BCUT2D eigenvalue weighted by Gasteiger charge is -2.24. The smallest absolute Gasteiger partial charge is 0.254 e. The number of nitrogens with zero attached hydrogens (tertiary/aromatic N) is 2. The second kappa shape index (κ2) is 9.92. The number of aromatic nitrogens is 1. The molecule has 1 amide bonds. The number of pyridine rings is 1. The number of hydrogen-bond acceptors (Lipinski definition) is 4. The quantitative estimate of drug-likeness (QED) is 0.541. The number of amides is 1. The molecule has 156 valence electrons. The van der Waals surface area contributed by atoms with Crippen LogP contribution in [0.25, 0.3) is 0 Å². The second-order valence-electron chi connectivity index (χ2n) is 7.20. The Morgan fingerprint density at radius 1 is 0.933 bits per heavy atom. The third kappa shape index (κ3) is 4.98. The number of benzene rings is 2. The fraction of sp³-hybridized carbons (Fsp3) is 0.280. The number of carbonyl (C=O) groups is 1. The van der Waals surface area contributed by atoms with E-state index in [9.17, 15) is 4.79 Å². The Morgan fingerprint density at radius 3 is 2.07 bits per heavy atom. The summed E-state index contributed by atoms with van der Waals surface area (Å²) in [5.41, 5.74) is 4.73. The molecule has 0 radical (unpaired) electrons.